The lowest BCUT2D eigenvalue weighted by atomic mass is 10.0. The average molecular weight is 142 g/mol. The zero-order valence-corrected chi connectivity index (χ0v) is 7.22. The van der Waals surface area contributed by atoms with E-state index >= 15 is 0 Å². The summed E-state index contributed by atoms with van der Waals surface area (Å²) in [5, 5.41) is 9.44. The molecule has 0 aromatic carbocycles. The lowest BCUT2D eigenvalue weighted by molar-refractivity contribution is 0.145. The molecule has 0 amide bonds. The van der Waals surface area contributed by atoms with E-state index < -0.39 is 0 Å². The van der Waals surface area contributed by atoms with E-state index in [4.69, 9.17) is 0 Å². The summed E-state index contributed by atoms with van der Waals surface area (Å²) in [7, 11) is 0. The molecule has 0 bridgehead atoms. The summed E-state index contributed by atoms with van der Waals surface area (Å²) in [4.78, 5) is 0. The van der Waals surface area contributed by atoms with Gasteiger partial charge in [-0.25, -0.2) is 0 Å². The molecule has 60 valence electrons. The number of rotatable bonds is 3. The molecular formula is C9H18O. The minimum Gasteiger partial charge on any atom is -0.390 e. The monoisotopic (exact) mass is 142 g/mol. The lowest BCUT2D eigenvalue weighted by Crippen LogP contribution is -2.06. The van der Waals surface area contributed by atoms with Gasteiger partial charge < -0.3 is 5.11 Å². The van der Waals surface area contributed by atoms with Crippen molar-refractivity contribution in [3.63, 3.8) is 0 Å². The van der Waals surface area contributed by atoms with E-state index in [2.05, 4.69) is 13.8 Å². The molecule has 0 saturated heterocycles. The summed E-state index contributed by atoms with van der Waals surface area (Å²) >= 11 is 0. The smallest absolute Gasteiger partial charge is 0.0652 e. The largest absolute Gasteiger partial charge is 0.390 e. The summed E-state index contributed by atoms with van der Waals surface area (Å²) < 4.78 is 0. The van der Waals surface area contributed by atoms with Crippen LogP contribution in [-0.2, 0) is 0 Å². The number of hydrogen-bond acceptors (Lipinski definition) is 1. The van der Waals surface area contributed by atoms with Crippen molar-refractivity contribution in [3.8, 4) is 0 Å². The minimum atomic E-state index is -0.302. The molecule has 0 aromatic rings. The highest BCUT2D eigenvalue weighted by Gasteiger charge is 2.48. The number of hydrogen-bond donors (Lipinski definition) is 1. The third-order valence-corrected chi connectivity index (χ3v) is 2.76. The second-order valence-corrected chi connectivity index (χ2v) is 4.01. The zero-order chi connectivity index (χ0) is 7.78. The first kappa shape index (κ1) is 8.06. The highest BCUT2D eigenvalue weighted by Crippen LogP contribution is 2.46. The van der Waals surface area contributed by atoms with Crippen molar-refractivity contribution in [1.29, 1.82) is 0 Å². The van der Waals surface area contributed by atoms with Crippen LogP contribution in [0.2, 0.25) is 0 Å². The van der Waals surface area contributed by atoms with Crippen LogP contribution < -0.4 is 0 Å². The van der Waals surface area contributed by atoms with Crippen molar-refractivity contribution >= 4 is 0 Å². The maximum Gasteiger partial charge on any atom is 0.0652 e. The molecule has 3 atom stereocenters. The molecule has 1 rings (SSSR count). The van der Waals surface area contributed by atoms with Crippen LogP contribution in [0.15, 0.2) is 0 Å². The third kappa shape index (κ3) is 1.72. The van der Waals surface area contributed by atoms with Gasteiger partial charge in [0, 0.05) is 0 Å². The molecule has 0 spiro atoms. The lowest BCUT2D eigenvalue weighted by Gasteiger charge is -2.07. The van der Waals surface area contributed by atoms with Gasteiger partial charge in [-0.05, 0) is 31.6 Å². The van der Waals surface area contributed by atoms with Gasteiger partial charge in [-0.2, -0.15) is 0 Å². The average Bonchev–Trinajstić information content (AvgIpc) is 2.40. The molecule has 0 radical (unpaired) electrons. The zero-order valence-electron chi connectivity index (χ0n) is 7.22. The molecule has 1 N–H and O–H groups in total. The Hall–Kier alpha value is -0.0400. The highest BCUT2D eigenvalue weighted by molar-refractivity contribution is 4.99. The van der Waals surface area contributed by atoms with Crippen molar-refractivity contribution in [2.45, 2.75) is 45.6 Å². The van der Waals surface area contributed by atoms with Crippen LogP contribution >= 0.6 is 0 Å². The Kier molecular flexibility index (Phi) is 2.04. The van der Waals surface area contributed by atoms with Crippen molar-refractivity contribution in [3.05, 3.63) is 0 Å². The molecule has 0 heterocycles. The van der Waals surface area contributed by atoms with E-state index in [-0.39, 0.29) is 5.60 Å². The molecule has 1 fully saturated rings. The summed E-state index contributed by atoms with van der Waals surface area (Å²) in [6.45, 7) is 6.41. The maximum atomic E-state index is 9.44. The van der Waals surface area contributed by atoms with Crippen molar-refractivity contribution in [1.82, 2.24) is 0 Å². The number of aliphatic hydroxyl groups is 1. The highest BCUT2D eigenvalue weighted by atomic mass is 16.3. The second kappa shape index (κ2) is 2.54. The standard InChI is InChI=1S/C9H18O/c1-4-7(2)5-8-6-9(8,3)10/h7-8,10H,4-6H2,1-3H3/t7?,8-,9-/m1/s1. The molecule has 1 heteroatoms. The summed E-state index contributed by atoms with van der Waals surface area (Å²) in [5.74, 6) is 1.39. The van der Waals surface area contributed by atoms with Crippen LogP contribution in [0.25, 0.3) is 0 Å². The van der Waals surface area contributed by atoms with Crippen LogP contribution in [0.5, 0.6) is 0 Å². The summed E-state index contributed by atoms with van der Waals surface area (Å²) in [6, 6.07) is 0. The maximum absolute atomic E-state index is 9.44. The SMILES string of the molecule is CCC(C)C[C@@H]1C[C@@]1(C)O. The fraction of sp³-hybridized carbons (Fsp3) is 1.00. The fourth-order valence-corrected chi connectivity index (χ4v) is 1.43. The summed E-state index contributed by atoms with van der Waals surface area (Å²) in [6.07, 6.45) is 3.48. The van der Waals surface area contributed by atoms with Crippen LogP contribution in [0.1, 0.15) is 40.0 Å². The quantitative estimate of drug-likeness (QED) is 0.640. The fourth-order valence-electron chi connectivity index (χ4n) is 1.43. The first-order valence-corrected chi connectivity index (χ1v) is 4.28. The molecule has 1 aliphatic carbocycles. The Balaban J connectivity index is 2.17. The van der Waals surface area contributed by atoms with E-state index in [1.165, 1.54) is 12.8 Å². The van der Waals surface area contributed by atoms with Gasteiger partial charge in [0.2, 0.25) is 0 Å². The topological polar surface area (TPSA) is 20.2 Å². The second-order valence-electron chi connectivity index (χ2n) is 4.01. The van der Waals surface area contributed by atoms with Crippen LogP contribution in [0.3, 0.4) is 0 Å². The predicted octanol–water partition coefficient (Wildman–Crippen LogP) is 2.19. The van der Waals surface area contributed by atoms with E-state index in [0.717, 1.165) is 12.3 Å². The molecule has 10 heavy (non-hydrogen) atoms. The van der Waals surface area contributed by atoms with E-state index in [9.17, 15) is 5.11 Å². The van der Waals surface area contributed by atoms with E-state index in [1.54, 1.807) is 0 Å². The first-order chi connectivity index (χ1) is 4.56. The predicted molar refractivity (Wildman–Crippen MR) is 42.8 cm³/mol. The first-order valence-electron chi connectivity index (χ1n) is 4.28. The van der Waals surface area contributed by atoms with Crippen molar-refractivity contribution < 1.29 is 5.11 Å². The van der Waals surface area contributed by atoms with Crippen molar-refractivity contribution in [2.24, 2.45) is 11.8 Å². The third-order valence-electron chi connectivity index (χ3n) is 2.76. The molecule has 1 saturated carbocycles. The Morgan fingerprint density at radius 2 is 2.20 bits per heavy atom. The minimum absolute atomic E-state index is 0.302. The Bertz CT molecular complexity index is 118. The van der Waals surface area contributed by atoms with Gasteiger partial charge in [0.1, 0.15) is 0 Å². The van der Waals surface area contributed by atoms with Crippen LogP contribution in [0, 0.1) is 11.8 Å². The van der Waals surface area contributed by atoms with Gasteiger partial charge in [-0.1, -0.05) is 20.3 Å². The molecule has 1 aliphatic rings. The molecule has 0 aromatic heterocycles. The van der Waals surface area contributed by atoms with Crippen LogP contribution in [0.4, 0.5) is 0 Å². The van der Waals surface area contributed by atoms with Crippen molar-refractivity contribution in [2.75, 3.05) is 0 Å². The normalized spacial score (nSPS) is 41.4. The summed E-state index contributed by atoms with van der Waals surface area (Å²) in [5.41, 5.74) is -0.302. The molecule has 1 unspecified atom stereocenters. The van der Waals surface area contributed by atoms with Crippen LogP contribution in [-0.4, -0.2) is 10.7 Å². The van der Waals surface area contributed by atoms with Gasteiger partial charge in [0.05, 0.1) is 5.60 Å². The van der Waals surface area contributed by atoms with Gasteiger partial charge in [0.25, 0.3) is 0 Å². The Morgan fingerprint density at radius 3 is 2.50 bits per heavy atom. The Labute approximate surface area is 63.4 Å². The van der Waals surface area contributed by atoms with Gasteiger partial charge in [-0.15, -0.1) is 0 Å². The van der Waals surface area contributed by atoms with E-state index in [0.29, 0.717) is 5.92 Å². The Morgan fingerprint density at radius 1 is 1.70 bits per heavy atom. The van der Waals surface area contributed by atoms with Gasteiger partial charge in [0.15, 0.2) is 0 Å². The van der Waals surface area contributed by atoms with Gasteiger partial charge >= 0.3 is 0 Å². The van der Waals surface area contributed by atoms with E-state index in [1.807, 2.05) is 6.92 Å². The molecule has 1 nitrogen and oxygen atoms in total. The van der Waals surface area contributed by atoms with Gasteiger partial charge in [-0.3, -0.25) is 0 Å². The molecular weight excluding hydrogens is 124 g/mol. The molecule has 0 aliphatic heterocycles.